The van der Waals surface area contributed by atoms with E-state index in [-0.39, 0.29) is 18.1 Å². The number of carbonyl (C=O) groups excluding carboxylic acids is 1. The zero-order chi connectivity index (χ0) is 13.1. The van der Waals surface area contributed by atoms with E-state index >= 15 is 0 Å². The van der Waals surface area contributed by atoms with Crippen molar-refractivity contribution in [1.82, 2.24) is 9.55 Å². The molecule has 1 heterocycles. The van der Waals surface area contributed by atoms with E-state index in [1.165, 1.54) is 4.57 Å². The van der Waals surface area contributed by atoms with Crippen molar-refractivity contribution in [3.05, 3.63) is 46.5 Å². The molecule has 0 unspecified atom stereocenters. The van der Waals surface area contributed by atoms with Gasteiger partial charge in [-0.05, 0) is 19.1 Å². The summed E-state index contributed by atoms with van der Waals surface area (Å²) >= 11 is 0. The van der Waals surface area contributed by atoms with Crippen molar-refractivity contribution in [3.63, 3.8) is 0 Å². The van der Waals surface area contributed by atoms with Crippen LogP contribution in [0.1, 0.15) is 17.4 Å². The molecule has 18 heavy (non-hydrogen) atoms. The molecule has 1 aromatic carbocycles. The number of imidazole rings is 1. The summed E-state index contributed by atoms with van der Waals surface area (Å²) in [4.78, 5) is 25.8. The van der Waals surface area contributed by atoms with Gasteiger partial charge in [-0.15, -0.1) is 0 Å². The van der Waals surface area contributed by atoms with Gasteiger partial charge in [0, 0.05) is 0 Å². The van der Waals surface area contributed by atoms with E-state index in [1.807, 2.05) is 6.07 Å². The second-order valence-corrected chi connectivity index (χ2v) is 3.58. The highest BCUT2D eigenvalue weighted by molar-refractivity contribution is 5.92. The molecular weight excluding hydrogens is 234 g/mol. The molecule has 0 aliphatic heterocycles. The third-order valence-electron chi connectivity index (χ3n) is 2.43. The number of hydrogen-bond donors (Lipinski definition) is 2. The van der Waals surface area contributed by atoms with E-state index < -0.39 is 11.7 Å². The van der Waals surface area contributed by atoms with Crippen LogP contribution in [0.5, 0.6) is 0 Å². The summed E-state index contributed by atoms with van der Waals surface area (Å²) in [5, 5.41) is 0. The molecule has 0 bridgehead atoms. The highest BCUT2D eigenvalue weighted by atomic mass is 16.5. The number of nitrogens with one attached hydrogen (secondary N) is 1. The number of H-pyrrole nitrogens is 1. The topological polar surface area (TPSA) is 90.1 Å². The minimum absolute atomic E-state index is 0.0225. The second kappa shape index (κ2) is 4.79. The molecular formula is C12H13N3O3. The summed E-state index contributed by atoms with van der Waals surface area (Å²) in [5.41, 5.74) is 5.89. The first-order chi connectivity index (χ1) is 8.65. The molecule has 6 nitrogen and oxygen atoms in total. The third kappa shape index (κ3) is 2.00. The number of nitrogens with zero attached hydrogens (tertiary/aromatic N) is 1. The first kappa shape index (κ1) is 12.0. The van der Waals surface area contributed by atoms with Gasteiger partial charge in [0.05, 0.1) is 12.3 Å². The Bertz CT molecular complexity index is 613. The average Bonchev–Trinajstić information content (AvgIpc) is 2.66. The Morgan fingerprint density at radius 1 is 1.39 bits per heavy atom. The monoisotopic (exact) mass is 247 g/mol. The van der Waals surface area contributed by atoms with Crippen LogP contribution in [0.2, 0.25) is 0 Å². The van der Waals surface area contributed by atoms with E-state index in [0.29, 0.717) is 5.69 Å². The van der Waals surface area contributed by atoms with E-state index in [2.05, 4.69) is 4.98 Å². The molecule has 2 rings (SSSR count). The van der Waals surface area contributed by atoms with Crippen molar-refractivity contribution in [1.29, 1.82) is 0 Å². The van der Waals surface area contributed by atoms with Gasteiger partial charge in [0.1, 0.15) is 5.82 Å². The van der Waals surface area contributed by atoms with Crippen LogP contribution in [0, 0.1) is 0 Å². The summed E-state index contributed by atoms with van der Waals surface area (Å²) in [6, 6.07) is 8.82. The largest absolute Gasteiger partial charge is 0.461 e. The molecule has 0 saturated heterocycles. The summed E-state index contributed by atoms with van der Waals surface area (Å²) in [6.07, 6.45) is 0. The fourth-order valence-electron chi connectivity index (χ4n) is 1.64. The Morgan fingerprint density at radius 2 is 2.06 bits per heavy atom. The molecule has 0 amide bonds. The standard InChI is InChI=1S/C12H13N3O3/c1-2-18-11(16)9-10(13)15(12(17)14-9)8-6-4-3-5-7-8/h3-7H,2,13H2,1H3,(H,14,17). The maximum Gasteiger partial charge on any atom is 0.358 e. The number of carbonyl (C=O) groups is 1. The van der Waals surface area contributed by atoms with E-state index in [0.717, 1.165) is 0 Å². The molecule has 0 aliphatic carbocycles. The van der Waals surface area contributed by atoms with Gasteiger partial charge in [-0.25, -0.2) is 14.2 Å². The quantitative estimate of drug-likeness (QED) is 0.789. The molecule has 0 radical (unpaired) electrons. The van der Waals surface area contributed by atoms with E-state index in [9.17, 15) is 9.59 Å². The van der Waals surface area contributed by atoms with Crippen molar-refractivity contribution >= 4 is 11.8 Å². The van der Waals surface area contributed by atoms with E-state index in [1.54, 1.807) is 31.2 Å². The van der Waals surface area contributed by atoms with Crippen LogP contribution >= 0.6 is 0 Å². The second-order valence-electron chi connectivity index (χ2n) is 3.58. The Balaban J connectivity index is 2.52. The van der Waals surface area contributed by atoms with Gasteiger partial charge in [-0.3, -0.25) is 4.98 Å². The van der Waals surface area contributed by atoms with Gasteiger partial charge < -0.3 is 10.5 Å². The zero-order valence-electron chi connectivity index (χ0n) is 9.84. The molecule has 0 saturated carbocycles. The summed E-state index contributed by atoms with van der Waals surface area (Å²) in [6.45, 7) is 1.90. The highest BCUT2D eigenvalue weighted by Gasteiger charge is 2.19. The first-order valence-electron chi connectivity index (χ1n) is 5.48. The van der Waals surface area contributed by atoms with Crippen LogP contribution < -0.4 is 11.4 Å². The lowest BCUT2D eigenvalue weighted by atomic mass is 10.3. The Labute approximate surface area is 103 Å². The minimum atomic E-state index is -0.637. The predicted octanol–water partition coefficient (Wildman–Crippen LogP) is 0.924. The van der Waals surface area contributed by atoms with Crippen LogP contribution in [-0.2, 0) is 4.74 Å². The average molecular weight is 247 g/mol. The molecule has 3 N–H and O–H groups in total. The minimum Gasteiger partial charge on any atom is -0.461 e. The lowest BCUT2D eigenvalue weighted by Crippen LogP contribution is -2.16. The number of hydrogen-bond acceptors (Lipinski definition) is 4. The Kier molecular flexibility index (Phi) is 3.18. The van der Waals surface area contributed by atoms with Crippen LogP contribution in [0.3, 0.4) is 0 Å². The molecule has 0 aliphatic rings. The smallest absolute Gasteiger partial charge is 0.358 e. The molecule has 0 atom stereocenters. The molecule has 0 spiro atoms. The molecule has 2 aromatic rings. The van der Waals surface area contributed by atoms with Crippen LogP contribution in [-0.4, -0.2) is 22.1 Å². The number of aromatic amines is 1. The fourth-order valence-corrected chi connectivity index (χ4v) is 1.64. The normalized spacial score (nSPS) is 10.3. The van der Waals surface area contributed by atoms with Crippen LogP contribution in [0.4, 0.5) is 5.82 Å². The van der Waals surface area contributed by atoms with Crippen LogP contribution in [0.15, 0.2) is 35.1 Å². The molecule has 6 heteroatoms. The summed E-state index contributed by atoms with van der Waals surface area (Å²) in [7, 11) is 0. The van der Waals surface area contributed by atoms with Crippen LogP contribution in [0.25, 0.3) is 5.69 Å². The van der Waals surface area contributed by atoms with Crippen molar-refractivity contribution in [2.24, 2.45) is 0 Å². The number of nitrogen functional groups attached to an aromatic ring is 1. The van der Waals surface area contributed by atoms with Gasteiger partial charge in [-0.1, -0.05) is 18.2 Å². The number of esters is 1. The number of para-hydroxylation sites is 1. The molecule has 94 valence electrons. The van der Waals surface area contributed by atoms with Gasteiger partial charge in [0.25, 0.3) is 0 Å². The Hall–Kier alpha value is -2.50. The van der Waals surface area contributed by atoms with Crippen molar-refractivity contribution in [3.8, 4) is 5.69 Å². The number of anilines is 1. The van der Waals surface area contributed by atoms with Gasteiger partial charge >= 0.3 is 11.7 Å². The number of rotatable bonds is 3. The van der Waals surface area contributed by atoms with Gasteiger partial charge in [0.2, 0.25) is 0 Å². The first-order valence-corrected chi connectivity index (χ1v) is 5.48. The highest BCUT2D eigenvalue weighted by Crippen LogP contribution is 2.14. The van der Waals surface area contributed by atoms with Gasteiger partial charge in [0.15, 0.2) is 5.69 Å². The predicted molar refractivity (Wildman–Crippen MR) is 66.8 cm³/mol. The van der Waals surface area contributed by atoms with E-state index in [4.69, 9.17) is 10.5 Å². The lowest BCUT2D eigenvalue weighted by Gasteiger charge is -2.04. The maximum absolute atomic E-state index is 11.8. The maximum atomic E-state index is 11.8. The summed E-state index contributed by atoms with van der Waals surface area (Å²) < 4.78 is 6.04. The number of aromatic nitrogens is 2. The lowest BCUT2D eigenvalue weighted by molar-refractivity contribution is 0.0521. The van der Waals surface area contributed by atoms with Gasteiger partial charge in [-0.2, -0.15) is 0 Å². The van der Waals surface area contributed by atoms with Crippen molar-refractivity contribution < 1.29 is 9.53 Å². The summed E-state index contributed by atoms with van der Waals surface area (Å²) in [5.74, 6) is -0.591. The zero-order valence-corrected chi connectivity index (χ0v) is 9.84. The third-order valence-corrected chi connectivity index (χ3v) is 2.43. The number of benzene rings is 1. The van der Waals surface area contributed by atoms with Crippen molar-refractivity contribution in [2.75, 3.05) is 12.3 Å². The number of nitrogens with two attached hydrogens (primary N) is 1. The molecule has 0 fully saturated rings. The fraction of sp³-hybridized carbons (Fsp3) is 0.167. The molecule has 1 aromatic heterocycles. The Morgan fingerprint density at radius 3 is 2.67 bits per heavy atom. The SMILES string of the molecule is CCOC(=O)c1[nH]c(=O)n(-c2ccccc2)c1N. The van der Waals surface area contributed by atoms with Crippen molar-refractivity contribution in [2.45, 2.75) is 6.92 Å². The number of ether oxygens (including phenoxy) is 1.